The van der Waals surface area contributed by atoms with Crippen LogP contribution >= 0.6 is 0 Å². The first-order valence-corrected chi connectivity index (χ1v) is 4.71. The van der Waals surface area contributed by atoms with E-state index in [1.165, 1.54) is 0 Å². The Hall–Kier alpha value is -0.710. The number of halogens is 2. The molecule has 3 nitrogen and oxygen atoms in total. The molecule has 0 spiro atoms. The number of carboxylic acids is 1. The maximum absolute atomic E-state index is 12.6. The zero-order valence-electron chi connectivity index (χ0n) is 8.00. The van der Waals surface area contributed by atoms with E-state index < -0.39 is 18.2 Å². The van der Waals surface area contributed by atoms with Crippen molar-refractivity contribution in [1.29, 1.82) is 0 Å². The molecule has 0 bridgehead atoms. The lowest BCUT2D eigenvalue weighted by Crippen LogP contribution is -2.37. The van der Waals surface area contributed by atoms with Gasteiger partial charge in [0.1, 0.15) is 0 Å². The summed E-state index contributed by atoms with van der Waals surface area (Å²) in [6.07, 6.45) is -1.80. The van der Waals surface area contributed by atoms with Gasteiger partial charge >= 0.3 is 12.1 Å². The van der Waals surface area contributed by atoms with Crippen LogP contribution in [0.1, 0.15) is 32.6 Å². The Morgan fingerprint density at radius 3 is 2.64 bits per heavy atom. The van der Waals surface area contributed by atoms with Crippen LogP contribution in [0.25, 0.3) is 0 Å². The van der Waals surface area contributed by atoms with Gasteiger partial charge in [0.2, 0.25) is 0 Å². The maximum atomic E-state index is 12.6. The predicted octanol–water partition coefficient (Wildman–Crippen LogP) is 2.26. The minimum atomic E-state index is -4.04. The van der Waals surface area contributed by atoms with Crippen molar-refractivity contribution in [3.05, 3.63) is 0 Å². The van der Waals surface area contributed by atoms with Crippen LogP contribution in [0.5, 0.6) is 0 Å². The van der Waals surface area contributed by atoms with E-state index in [-0.39, 0.29) is 0 Å². The van der Waals surface area contributed by atoms with Crippen LogP contribution in [-0.2, 0) is 9.53 Å². The minimum absolute atomic E-state index is 0.332. The molecule has 0 aromatic rings. The molecule has 1 N–H and O–H groups in total. The molecule has 2 atom stereocenters. The third-order valence-electron chi connectivity index (χ3n) is 2.45. The van der Waals surface area contributed by atoms with Crippen molar-refractivity contribution < 1.29 is 23.4 Å². The Labute approximate surface area is 81.1 Å². The van der Waals surface area contributed by atoms with Gasteiger partial charge in [0.15, 0.2) is 0 Å². The van der Waals surface area contributed by atoms with E-state index in [0.717, 1.165) is 12.8 Å². The van der Waals surface area contributed by atoms with Crippen molar-refractivity contribution in [3.8, 4) is 0 Å². The highest BCUT2D eigenvalue weighted by molar-refractivity contribution is 5.73. The van der Waals surface area contributed by atoms with Crippen molar-refractivity contribution in [2.45, 2.75) is 44.8 Å². The highest BCUT2D eigenvalue weighted by atomic mass is 19.3. The summed E-state index contributed by atoms with van der Waals surface area (Å²) >= 11 is 0. The second-order valence-corrected chi connectivity index (χ2v) is 3.83. The van der Waals surface area contributed by atoms with Crippen molar-refractivity contribution in [2.75, 3.05) is 0 Å². The Morgan fingerprint density at radius 2 is 2.14 bits per heavy atom. The molecule has 0 saturated heterocycles. The largest absolute Gasteiger partial charge is 0.475 e. The van der Waals surface area contributed by atoms with Gasteiger partial charge in [-0.1, -0.05) is 19.8 Å². The number of hydrogen-bond acceptors (Lipinski definition) is 2. The second kappa shape index (κ2) is 4.21. The molecule has 14 heavy (non-hydrogen) atoms. The van der Waals surface area contributed by atoms with Gasteiger partial charge in [-0.3, -0.25) is 0 Å². The summed E-state index contributed by atoms with van der Waals surface area (Å²) in [5.41, 5.74) is 0. The van der Waals surface area contributed by atoms with Gasteiger partial charge in [-0.2, -0.15) is 8.78 Å². The zero-order chi connectivity index (χ0) is 10.8. The summed E-state index contributed by atoms with van der Waals surface area (Å²) in [5, 5.41) is 8.16. The van der Waals surface area contributed by atoms with E-state index in [4.69, 9.17) is 5.11 Å². The number of alkyl halides is 2. The molecule has 1 saturated carbocycles. The first-order valence-electron chi connectivity index (χ1n) is 4.71. The molecule has 5 heteroatoms. The number of carboxylic acid groups (broad SMARTS) is 1. The minimum Gasteiger partial charge on any atom is -0.475 e. The van der Waals surface area contributed by atoms with Crippen molar-refractivity contribution >= 4 is 5.97 Å². The second-order valence-electron chi connectivity index (χ2n) is 3.83. The lowest BCUT2D eigenvalue weighted by atomic mass is 9.89. The fraction of sp³-hybridized carbons (Fsp3) is 0.889. The van der Waals surface area contributed by atoms with Crippen LogP contribution in [0.3, 0.4) is 0 Å². The van der Waals surface area contributed by atoms with Crippen molar-refractivity contribution in [1.82, 2.24) is 0 Å². The van der Waals surface area contributed by atoms with E-state index in [0.29, 0.717) is 18.8 Å². The van der Waals surface area contributed by atoms with Crippen LogP contribution in [0.4, 0.5) is 8.78 Å². The zero-order valence-corrected chi connectivity index (χ0v) is 8.00. The van der Waals surface area contributed by atoms with Crippen molar-refractivity contribution in [2.24, 2.45) is 5.92 Å². The molecule has 1 rings (SSSR count). The average molecular weight is 208 g/mol. The molecular formula is C9H14F2O3. The van der Waals surface area contributed by atoms with Crippen LogP contribution < -0.4 is 0 Å². The third kappa shape index (κ3) is 2.90. The average Bonchev–Trinajstić information content (AvgIpc) is 2.02. The molecule has 1 fully saturated rings. The van der Waals surface area contributed by atoms with E-state index in [2.05, 4.69) is 4.74 Å². The Kier molecular flexibility index (Phi) is 3.42. The monoisotopic (exact) mass is 208 g/mol. The van der Waals surface area contributed by atoms with E-state index in [1.807, 2.05) is 6.92 Å². The molecule has 0 heterocycles. The Bertz CT molecular complexity index is 218. The summed E-state index contributed by atoms with van der Waals surface area (Å²) in [6.45, 7) is 1.95. The lowest BCUT2D eigenvalue weighted by Gasteiger charge is -2.28. The highest BCUT2D eigenvalue weighted by Crippen LogP contribution is 2.30. The van der Waals surface area contributed by atoms with Crippen LogP contribution in [0.2, 0.25) is 0 Å². The Balaban J connectivity index is 2.47. The van der Waals surface area contributed by atoms with E-state index >= 15 is 0 Å². The molecule has 0 aromatic carbocycles. The summed E-state index contributed by atoms with van der Waals surface area (Å²) in [6, 6.07) is 0. The molecule has 1 aliphatic carbocycles. The van der Waals surface area contributed by atoms with Crippen LogP contribution in [0, 0.1) is 5.92 Å². The molecule has 0 radical (unpaired) electrons. The third-order valence-corrected chi connectivity index (χ3v) is 2.45. The summed E-state index contributed by atoms with van der Waals surface area (Å²) in [4.78, 5) is 10.1. The topological polar surface area (TPSA) is 46.5 Å². The molecule has 0 amide bonds. The lowest BCUT2D eigenvalue weighted by molar-refractivity contribution is -0.267. The van der Waals surface area contributed by atoms with Crippen LogP contribution in [-0.4, -0.2) is 23.3 Å². The Morgan fingerprint density at radius 1 is 1.50 bits per heavy atom. The van der Waals surface area contributed by atoms with E-state index in [9.17, 15) is 13.6 Å². The van der Waals surface area contributed by atoms with Gasteiger partial charge < -0.3 is 9.84 Å². The predicted molar refractivity (Wildman–Crippen MR) is 45.1 cm³/mol. The standard InChI is InChI=1S/C9H14F2O3/c1-6-3-2-4-7(5-6)14-9(10,11)8(12)13/h6-7H,2-5H2,1H3,(H,12,13). The van der Waals surface area contributed by atoms with Gasteiger partial charge in [0.05, 0.1) is 6.10 Å². The molecule has 82 valence electrons. The van der Waals surface area contributed by atoms with Gasteiger partial charge in [0.25, 0.3) is 0 Å². The summed E-state index contributed by atoms with van der Waals surface area (Å²) in [7, 11) is 0. The van der Waals surface area contributed by atoms with Gasteiger partial charge in [-0.05, 0) is 18.8 Å². The quantitative estimate of drug-likeness (QED) is 0.773. The number of ether oxygens (including phenoxy) is 1. The summed E-state index contributed by atoms with van der Waals surface area (Å²) < 4.78 is 29.6. The number of carbonyl (C=O) groups is 1. The molecule has 2 unspecified atom stereocenters. The normalized spacial score (nSPS) is 28.8. The SMILES string of the molecule is CC1CCCC(OC(F)(F)C(=O)O)C1. The molecular weight excluding hydrogens is 194 g/mol. The number of hydrogen-bond donors (Lipinski definition) is 1. The van der Waals surface area contributed by atoms with E-state index in [1.54, 1.807) is 0 Å². The van der Waals surface area contributed by atoms with Gasteiger partial charge in [0, 0.05) is 0 Å². The number of rotatable bonds is 3. The van der Waals surface area contributed by atoms with Crippen molar-refractivity contribution in [3.63, 3.8) is 0 Å². The summed E-state index contributed by atoms with van der Waals surface area (Å²) in [5.74, 6) is -1.88. The smallest absolute Gasteiger partial charge is 0.456 e. The fourth-order valence-corrected chi connectivity index (χ4v) is 1.75. The van der Waals surface area contributed by atoms with Gasteiger partial charge in [-0.25, -0.2) is 4.79 Å². The molecule has 1 aliphatic rings. The van der Waals surface area contributed by atoms with Crippen LogP contribution in [0.15, 0.2) is 0 Å². The van der Waals surface area contributed by atoms with Gasteiger partial charge in [-0.15, -0.1) is 0 Å². The maximum Gasteiger partial charge on any atom is 0.456 e. The number of aliphatic carboxylic acids is 1. The molecule has 0 aliphatic heterocycles. The molecule has 0 aromatic heterocycles. The fourth-order valence-electron chi connectivity index (χ4n) is 1.75. The highest BCUT2D eigenvalue weighted by Gasteiger charge is 2.43. The first-order chi connectivity index (χ1) is 6.42. The first kappa shape index (κ1) is 11.4.